The summed E-state index contributed by atoms with van der Waals surface area (Å²) in [6.07, 6.45) is 1.68. The lowest BCUT2D eigenvalue weighted by atomic mass is 9.96. The van der Waals surface area contributed by atoms with E-state index in [1.54, 1.807) is 6.07 Å². The van der Waals surface area contributed by atoms with Gasteiger partial charge in [-0.05, 0) is 36.3 Å². The first-order valence-corrected chi connectivity index (χ1v) is 7.04. The molecule has 0 heterocycles. The second-order valence-electron chi connectivity index (χ2n) is 4.87. The standard InChI is InChI=1S/C14H19Cl2O/c1-10(8-15)5-12-3-4-14(17)13(7-12)6-11(2)9-16/h3-4,7,10-11H,5-6,8-9H2,1-2H3. The Hall–Kier alpha value is -0.400. The van der Waals surface area contributed by atoms with E-state index in [1.807, 2.05) is 12.1 Å². The van der Waals surface area contributed by atoms with Crippen molar-refractivity contribution in [2.75, 3.05) is 11.8 Å². The zero-order chi connectivity index (χ0) is 12.8. The summed E-state index contributed by atoms with van der Waals surface area (Å²) in [5.41, 5.74) is 2.06. The molecule has 0 aliphatic carbocycles. The van der Waals surface area contributed by atoms with E-state index in [0.29, 0.717) is 23.6 Å². The molecule has 0 N–H and O–H groups in total. The van der Waals surface area contributed by atoms with Crippen molar-refractivity contribution in [3.8, 4) is 5.75 Å². The van der Waals surface area contributed by atoms with Crippen molar-refractivity contribution >= 4 is 23.2 Å². The third-order valence-corrected chi connectivity index (χ3v) is 3.86. The highest BCUT2D eigenvalue weighted by Crippen LogP contribution is 2.24. The monoisotopic (exact) mass is 273 g/mol. The fourth-order valence-electron chi connectivity index (χ4n) is 1.81. The molecule has 17 heavy (non-hydrogen) atoms. The Balaban J connectivity index is 2.79. The molecule has 1 nitrogen and oxygen atoms in total. The third kappa shape index (κ3) is 4.77. The quantitative estimate of drug-likeness (QED) is 0.672. The molecule has 0 saturated heterocycles. The summed E-state index contributed by atoms with van der Waals surface area (Å²) in [5.74, 6) is 2.12. The van der Waals surface area contributed by atoms with Gasteiger partial charge in [-0.2, -0.15) is 0 Å². The Morgan fingerprint density at radius 1 is 1.06 bits per heavy atom. The van der Waals surface area contributed by atoms with Gasteiger partial charge in [-0.25, -0.2) is 0 Å². The van der Waals surface area contributed by atoms with Crippen LogP contribution in [0, 0.1) is 11.8 Å². The summed E-state index contributed by atoms with van der Waals surface area (Å²) in [5, 5.41) is 11.7. The summed E-state index contributed by atoms with van der Waals surface area (Å²) < 4.78 is 0. The number of hydrogen-bond donors (Lipinski definition) is 0. The Kier molecular flexibility index (Phi) is 6.15. The molecule has 1 rings (SSSR count). The zero-order valence-corrected chi connectivity index (χ0v) is 11.9. The molecular weight excluding hydrogens is 255 g/mol. The van der Waals surface area contributed by atoms with Gasteiger partial charge >= 0.3 is 0 Å². The average molecular weight is 274 g/mol. The van der Waals surface area contributed by atoms with E-state index in [1.165, 1.54) is 5.56 Å². The highest BCUT2D eigenvalue weighted by Gasteiger charge is 2.10. The molecule has 0 fully saturated rings. The molecular formula is C14H19Cl2O. The highest BCUT2D eigenvalue weighted by molar-refractivity contribution is 6.18. The molecule has 1 aromatic rings. The lowest BCUT2D eigenvalue weighted by Gasteiger charge is -2.12. The summed E-state index contributed by atoms with van der Waals surface area (Å²) in [7, 11) is 0. The SMILES string of the molecule is CC(CCl)Cc1ccc([O])c(CC(C)CCl)c1. The molecule has 0 aliphatic heterocycles. The molecule has 0 aliphatic rings. The van der Waals surface area contributed by atoms with E-state index in [9.17, 15) is 5.11 Å². The number of rotatable bonds is 6. The average Bonchev–Trinajstić information content (AvgIpc) is 2.33. The largest absolute Gasteiger partial charge is 0.290 e. The minimum absolute atomic E-state index is 0.115. The molecule has 0 bridgehead atoms. The predicted molar refractivity (Wildman–Crippen MR) is 73.8 cm³/mol. The van der Waals surface area contributed by atoms with Crippen LogP contribution in [0.2, 0.25) is 0 Å². The Morgan fingerprint density at radius 2 is 1.65 bits per heavy atom. The maximum Gasteiger partial charge on any atom is 0.181 e. The number of halogens is 2. The summed E-state index contributed by atoms with van der Waals surface area (Å²) >= 11 is 11.6. The van der Waals surface area contributed by atoms with Gasteiger partial charge in [-0.3, -0.25) is 5.11 Å². The Morgan fingerprint density at radius 3 is 2.24 bits per heavy atom. The maximum absolute atomic E-state index is 11.7. The first-order valence-electron chi connectivity index (χ1n) is 5.97. The molecule has 95 valence electrons. The van der Waals surface area contributed by atoms with E-state index in [0.717, 1.165) is 18.4 Å². The molecule has 1 aromatic carbocycles. The van der Waals surface area contributed by atoms with Gasteiger partial charge in [0.1, 0.15) is 0 Å². The molecule has 2 unspecified atom stereocenters. The van der Waals surface area contributed by atoms with Crippen molar-refractivity contribution in [1.82, 2.24) is 0 Å². The van der Waals surface area contributed by atoms with E-state index in [-0.39, 0.29) is 5.75 Å². The maximum atomic E-state index is 11.7. The van der Waals surface area contributed by atoms with Crippen LogP contribution in [-0.4, -0.2) is 11.8 Å². The van der Waals surface area contributed by atoms with Crippen molar-refractivity contribution in [2.24, 2.45) is 11.8 Å². The van der Waals surface area contributed by atoms with Crippen molar-refractivity contribution in [3.05, 3.63) is 29.3 Å². The molecule has 2 atom stereocenters. The number of hydrogen-bond acceptors (Lipinski definition) is 0. The lowest BCUT2D eigenvalue weighted by Crippen LogP contribution is -2.04. The molecule has 0 aromatic heterocycles. The zero-order valence-electron chi connectivity index (χ0n) is 10.4. The van der Waals surface area contributed by atoms with Crippen LogP contribution in [0.5, 0.6) is 5.75 Å². The molecule has 0 amide bonds. The topological polar surface area (TPSA) is 19.9 Å². The van der Waals surface area contributed by atoms with Crippen molar-refractivity contribution < 1.29 is 5.11 Å². The first kappa shape index (κ1) is 14.7. The van der Waals surface area contributed by atoms with Gasteiger partial charge in [0.25, 0.3) is 0 Å². The Bertz CT molecular complexity index is 352. The second kappa shape index (κ2) is 7.13. The van der Waals surface area contributed by atoms with E-state index >= 15 is 0 Å². The minimum atomic E-state index is 0.115. The summed E-state index contributed by atoms with van der Waals surface area (Å²) in [4.78, 5) is 0. The van der Waals surface area contributed by atoms with E-state index in [4.69, 9.17) is 23.2 Å². The molecule has 0 spiro atoms. The van der Waals surface area contributed by atoms with Crippen LogP contribution in [0.1, 0.15) is 25.0 Å². The lowest BCUT2D eigenvalue weighted by molar-refractivity contribution is 0.347. The smallest absolute Gasteiger partial charge is 0.181 e. The second-order valence-corrected chi connectivity index (χ2v) is 5.49. The van der Waals surface area contributed by atoms with Crippen LogP contribution in [0.15, 0.2) is 18.2 Å². The summed E-state index contributed by atoms with van der Waals surface area (Å²) in [6.45, 7) is 4.17. The third-order valence-electron chi connectivity index (χ3n) is 2.80. The highest BCUT2D eigenvalue weighted by atomic mass is 35.5. The summed E-state index contributed by atoms with van der Waals surface area (Å²) in [6, 6.07) is 5.57. The normalized spacial score (nSPS) is 14.6. The fraction of sp³-hybridized carbons (Fsp3) is 0.571. The Labute approximate surface area is 114 Å². The van der Waals surface area contributed by atoms with E-state index < -0.39 is 0 Å². The first-order chi connectivity index (χ1) is 8.06. The van der Waals surface area contributed by atoms with Crippen molar-refractivity contribution in [1.29, 1.82) is 0 Å². The van der Waals surface area contributed by atoms with Crippen LogP contribution in [0.25, 0.3) is 0 Å². The molecule has 3 heteroatoms. The van der Waals surface area contributed by atoms with Crippen LogP contribution < -0.4 is 0 Å². The van der Waals surface area contributed by atoms with Crippen LogP contribution in [0.3, 0.4) is 0 Å². The van der Waals surface area contributed by atoms with E-state index in [2.05, 4.69) is 13.8 Å². The van der Waals surface area contributed by atoms with Crippen molar-refractivity contribution in [3.63, 3.8) is 0 Å². The number of benzene rings is 1. The van der Waals surface area contributed by atoms with Gasteiger partial charge in [0.2, 0.25) is 0 Å². The van der Waals surface area contributed by atoms with Gasteiger partial charge < -0.3 is 0 Å². The van der Waals surface area contributed by atoms with Gasteiger partial charge in [0.05, 0.1) is 0 Å². The fourth-order valence-corrected chi connectivity index (χ4v) is 2.02. The van der Waals surface area contributed by atoms with Crippen molar-refractivity contribution in [2.45, 2.75) is 26.7 Å². The van der Waals surface area contributed by atoms with Gasteiger partial charge in [-0.1, -0.05) is 26.0 Å². The van der Waals surface area contributed by atoms with Crippen LogP contribution in [-0.2, 0) is 17.9 Å². The van der Waals surface area contributed by atoms with Crippen LogP contribution in [0.4, 0.5) is 0 Å². The molecule has 0 saturated carbocycles. The van der Waals surface area contributed by atoms with Crippen LogP contribution >= 0.6 is 23.2 Å². The van der Waals surface area contributed by atoms with Gasteiger partial charge in [-0.15, -0.1) is 23.2 Å². The number of alkyl halides is 2. The molecule has 1 radical (unpaired) electrons. The predicted octanol–water partition coefficient (Wildman–Crippen LogP) is 4.67. The van der Waals surface area contributed by atoms with Gasteiger partial charge in [0.15, 0.2) is 5.75 Å². The minimum Gasteiger partial charge on any atom is -0.290 e. The van der Waals surface area contributed by atoms with Gasteiger partial charge in [0, 0.05) is 17.3 Å².